The van der Waals surface area contributed by atoms with Crippen LogP contribution in [-0.4, -0.2) is 23.9 Å². The number of carbonyl (C=O) groups is 1. The van der Waals surface area contributed by atoms with E-state index in [1.807, 2.05) is 60.8 Å². The van der Waals surface area contributed by atoms with Gasteiger partial charge in [0.05, 0.1) is 18.4 Å². The topological polar surface area (TPSA) is 43.6 Å². The summed E-state index contributed by atoms with van der Waals surface area (Å²) < 4.78 is 8.01. The second kappa shape index (κ2) is 8.45. The van der Waals surface area contributed by atoms with Crippen molar-refractivity contribution in [2.75, 3.05) is 7.11 Å². The first-order chi connectivity index (χ1) is 14.1. The Morgan fingerprint density at radius 2 is 1.90 bits per heavy atom. The van der Waals surface area contributed by atoms with Crippen molar-refractivity contribution in [3.63, 3.8) is 0 Å². The minimum Gasteiger partial charge on any atom is -0.465 e. The largest absolute Gasteiger partial charge is 0.465 e. The van der Waals surface area contributed by atoms with Crippen molar-refractivity contribution in [3.05, 3.63) is 100 Å². The molecule has 29 heavy (non-hydrogen) atoms. The number of hydrogen-bond donors (Lipinski definition) is 0. The van der Waals surface area contributed by atoms with E-state index in [1.165, 1.54) is 7.11 Å². The molecule has 4 aromatic rings. The first-order valence-electron chi connectivity index (χ1n) is 9.19. The van der Waals surface area contributed by atoms with E-state index in [9.17, 15) is 4.79 Å². The van der Waals surface area contributed by atoms with Gasteiger partial charge >= 0.3 is 5.97 Å². The fourth-order valence-electron chi connectivity index (χ4n) is 3.32. The fourth-order valence-corrected chi connectivity index (χ4v) is 3.71. The molecule has 0 N–H and O–H groups in total. The van der Waals surface area contributed by atoms with Crippen molar-refractivity contribution >= 4 is 44.7 Å². The molecule has 0 unspecified atom stereocenters. The number of para-hydroxylation sites is 1. The Hall–Kier alpha value is -3.18. The SMILES string of the molecule is COC(=O)c1cccc(Cn2cc(C=Nc3cccc(Br)c3)c3ccccc32)c1. The molecule has 1 aromatic heterocycles. The minimum absolute atomic E-state index is 0.328. The van der Waals surface area contributed by atoms with Crippen LogP contribution in [0, 0.1) is 0 Å². The molecule has 5 heteroatoms. The summed E-state index contributed by atoms with van der Waals surface area (Å²) in [5, 5.41) is 1.13. The van der Waals surface area contributed by atoms with Crippen molar-refractivity contribution in [1.29, 1.82) is 0 Å². The maximum Gasteiger partial charge on any atom is 0.337 e. The van der Waals surface area contributed by atoms with Crippen LogP contribution in [0.2, 0.25) is 0 Å². The van der Waals surface area contributed by atoms with Gasteiger partial charge in [0.2, 0.25) is 0 Å². The standard InChI is InChI=1S/C24H19BrN2O2/c1-29-24(28)18-7-4-6-17(12-18)15-27-16-19(22-10-2-3-11-23(22)27)14-26-21-9-5-8-20(25)13-21/h2-14,16H,15H2,1H3. The van der Waals surface area contributed by atoms with Gasteiger partial charge in [-0.3, -0.25) is 4.99 Å². The zero-order valence-electron chi connectivity index (χ0n) is 15.9. The van der Waals surface area contributed by atoms with Gasteiger partial charge < -0.3 is 9.30 Å². The Bertz CT molecular complexity index is 1210. The number of nitrogens with zero attached hydrogens (tertiary/aromatic N) is 2. The lowest BCUT2D eigenvalue weighted by molar-refractivity contribution is 0.0600. The Morgan fingerprint density at radius 3 is 2.72 bits per heavy atom. The summed E-state index contributed by atoms with van der Waals surface area (Å²) in [5.74, 6) is -0.328. The molecule has 0 aliphatic heterocycles. The molecule has 0 aliphatic carbocycles. The lowest BCUT2D eigenvalue weighted by Gasteiger charge is -2.07. The maximum absolute atomic E-state index is 11.8. The lowest BCUT2D eigenvalue weighted by Crippen LogP contribution is -2.03. The third-order valence-electron chi connectivity index (χ3n) is 4.68. The molecule has 0 aliphatic rings. The van der Waals surface area contributed by atoms with E-state index in [4.69, 9.17) is 4.74 Å². The predicted molar refractivity (Wildman–Crippen MR) is 120 cm³/mol. The normalized spacial score (nSPS) is 11.2. The summed E-state index contributed by atoms with van der Waals surface area (Å²) in [4.78, 5) is 16.5. The predicted octanol–water partition coefficient (Wildman–Crippen LogP) is 5.99. The van der Waals surface area contributed by atoms with Crippen molar-refractivity contribution in [3.8, 4) is 0 Å². The summed E-state index contributed by atoms with van der Waals surface area (Å²) in [5.41, 5.74) is 4.64. The number of hydrogen-bond acceptors (Lipinski definition) is 3. The summed E-state index contributed by atoms with van der Waals surface area (Å²) in [7, 11) is 1.39. The van der Waals surface area contributed by atoms with Gasteiger partial charge in [-0.25, -0.2) is 4.79 Å². The molecular formula is C24H19BrN2O2. The summed E-state index contributed by atoms with van der Waals surface area (Å²) in [6.07, 6.45) is 3.99. The average molecular weight is 447 g/mol. The summed E-state index contributed by atoms with van der Waals surface area (Å²) in [6, 6.07) is 23.7. The molecule has 0 bridgehead atoms. The molecule has 4 nitrogen and oxygen atoms in total. The first-order valence-corrected chi connectivity index (χ1v) is 9.98. The second-order valence-corrected chi connectivity index (χ2v) is 7.58. The van der Waals surface area contributed by atoms with E-state index in [1.54, 1.807) is 6.07 Å². The highest BCUT2D eigenvalue weighted by Gasteiger charge is 2.09. The molecule has 0 fully saturated rings. The lowest BCUT2D eigenvalue weighted by atomic mass is 10.1. The van der Waals surface area contributed by atoms with Crippen LogP contribution in [0.5, 0.6) is 0 Å². The van der Waals surface area contributed by atoms with Crippen LogP contribution in [0.4, 0.5) is 5.69 Å². The highest BCUT2D eigenvalue weighted by Crippen LogP contribution is 2.23. The van der Waals surface area contributed by atoms with Crippen LogP contribution in [0.15, 0.2) is 88.5 Å². The number of methoxy groups -OCH3 is 1. The number of benzene rings is 3. The molecular weight excluding hydrogens is 428 g/mol. The number of ether oxygens (including phenoxy) is 1. The van der Waals surface area contributed by atoms with Crippen molar-refractivity contribution < 1.29 is 9.53 Å². The van der Waals surface area contributed by atoms with E-state index < -0.39 is 0 Å². The molecule has 0 saturated carbocycles. The minimum atomic E-state index is -0.328. The van der Waals surface area contributed by atoms with Gasteiger partial charge in [0.15, 0.2) is 0 Å². The Kier molecular flexibility index (Phi) is 5.58. The number of aliphatic imine (C=N–C) groups is 1. The van der Waals surface area contributed by atoms with Crippen LogP contribution in [-0.2, 0) is 11.3 Å². The smallest absolute Gasteiger partial charge is 0.337 e. The van der Waals surface area contributed by atoms with Crippen molar-refractivity contribution in [2.24, 2.45) is 4.99 Å². The third-order valence-corrected chi connectivity index (χ3v) is 5.17. The molecule has 4 rings (SSSR count). The number of esters is 1. The van der Waals surface area contributed by atoms with Crippen molar-refractivity contribution in [1.82, 2.24) is 4.57 Å². The highest BCUT2D eigenvalue weighted by molar-refractivity contribution is 9.10. The van der Waals surface area contributed by atoms with Gasteiger partial charge in [-0.15, -0.1) is 0 Å². The van der Waals surface area contributed by atoms with Gasteiger partial charge in [-0.2, -0.15) is 0 Å². The third kappa shape index (κ3) is 4.30. The van der Waals surface area contributed by atoms with E-state index in [-0.39, 0.29) is 5.97 Å². The monoisotopic (exact) mass is 446 g/mol. The van der Waals surface area contributed by atoms with E-state index in [0.29, 0.717) is 12.1 Å². The zero-order valence-corrected chi connectivity index (χ0v) is 17.5. The molecule has 3 aromatic carbocycles. The molecule has 0 saturated heterocycles. The van der Waals surface area contributed by atoms with Crippen LogP contribution in [0.1, 0.15) is 21.5 Å². The van der Waals surface area contributed by atoms with Gasteiger partial charge in [0.1, 0.15) is 0 Å². The van der Waals surface area contributed by atoms with Gasteiger partial charge in [0, 0.05) is 39.9 Å². The Morgan fingerprint density at radius 1 is 1.07 bits per heavy atom. The van der Waals surface area contributed by atoms with E-state index in [2.05, 4.69) is 43.8 Å². The second-order valence-electron chi connectivity index (χ2n) is 6.66. The highest BCUT2D eigenvalue weighted by atomic mass is 79.9. The Labute approximate surface area is 177 Å². The summed E-state index contributed by atoms with van der Waals surface area (Å²) >= 11 is 3.48. The molecule has 0 atom stereocenters. The molecule has 0 spiro atoms. The molecule has 0 amide bonds. The van der Waals surface area contributed by atoms with Crippen molar-refractivity contribution in [2.45, 2.75) is 6.54 Å². The Balaban J connectivity index is 1.69. The summed E-state index contributed by atoms with van der Waals surface area (Å²) in [6.45, 7) is 0.649. The number of aromatic nitrogens is 1. The van der Waals surface area contributed by atoms with Gasteiger partial charge in [0.25, 0.3) is 0 Å². The zero-order chi connectivity index (χ0) is 20.2. The van der Waals surface area contributed by atoms with E-state index >= 15 is 0 Å². The number of carbonyl (C=O) groups excluding carboxylic acids is 1. The molecule has 1 heterocycles. The van der Waals surface area contributed by atoms with Gasteiger partial charge in [-0.05, 0) is 42.0 Å². The average Bonchev–Trinajstić information content (AvgIpc) is 3.09. The number of rotatable bonds is 5. The molecule has 0 radical (unpaired) electrons. The van der Waals surface area contributed by atoms with Crippen LogP contribution in [0.25, 0.3) is 10.9 Å². The molecule has 144 valence electrons. The first kappa shape index (κ1) is 19.2. The number of fused-ring (bicyclic) bond motifs is 1. The van der Waals surface area contributed by atoms with E-state index in [0.717, 1.165) is 32.2 Å². The maximum atomic E-state index is 11.8. The van der Waals surface area contributed by atoms with Crippen LogP contribution >= 0.6 is 15.9 Å². The van der Waals surface area contributed by atoms with Crippen LogP contribution in [0.3, 0.4) is 0 Å². The quantitative estimate of drug-likeness (QED) is 0.279. The fraction of sp³-hybridized carbons (Fsp3) is 0.0833. The van der Waals surface area contributed by atoms with Gasteiger partial charge in [-0.1, -0.05) is 52.3 Å². The van der Waals surface area contributed by atoms with Crippen LogP contribution < -0.4 is 0 Å². The number of halogens is 1.